The van der Waals surface area contributed by atoms with Crippen LogP contribution < -0.4 is 10.2 Å². The Morgan fingerprint density at radius 2 is 2.14 bits per heavy atom. The molecule has 2 amide bonds. The van der Waals surface area contributed by atoms with E-state index in [9.17, 15) is 14.9 Å². The van der Waals surface area contributed by atoms with Crippen molar-refractivity contribution >= 4 is 45.4 Å². The van der Waals surface area contributed by atoms with Gasteiger partial charge in [0.1, 0.15) is 11.1 Å². The van der Waals surface area contributed by atoms with Crippen LogP contribution in [-0.4, -0.2) is 18.4 Å². The van der Waals surface area contributed by atoms with E-state index in [1.807, 2.05) is 13.0 Å². The summed E-state index contributed by atoms with van der Waals surface area (Å²) in [5.41, 5.74) is 3.26. The second-order valence-electron chi connectivity index (χ2n) is 7.31. The number of carbonyl (C=O) groups is 2. The van der Waals surface area contributed by atoms with Gasteiger partial charge in [0.25, 0.3) is 0 Å². The highest BCUT2D eigenvalue weighted by Crippen LogP contribution is 2.38. The molecule has 1 saturated heterocycles. The first-order valence-electron chi connectivity index (χ1n) is 9.40. The minimum Gasteiger partial charge on any atom is -0.316 e. The Balaban J connectivity index is 1.53. The molecular formula is C21H20ClN3O2S. The van der Waals surface area contributed by atoms with Crippen LogP contribution in [0.25, 0.3) is 0 Å². The number of carbonyl (C=O) groups excluding carboxylic acids is 2. The molecule has 5 nitrogen and oxygen atoms in total. The van der Waals surface area contributed by atoms with Gasteiger partial charge < -0.3 is 10.2 Å². The van der Waals surface area contributed by atoms with Crippen LogP contribution in [0.2, 0.25) is 5.02 Å². The lowest BCUT2D eigenvalue weighted by Crippen LogP contribution is -2.28. The van der Waals surface area contributed by atoms with Gasteiger partial charge in [-0.25, -0.2) is 0 Å². The lowest BCUT2D eigenvalue weighted by molar-refractivity contribution is -0.122. The lowest BCUT2D eigenvalue weighted by Gasteiger charge is -2.19. The first-order chi connectivity index (χ1) is 13.5. The highest BCUT2D eigenvalue weighted by atomic mass is 35.5. The summed E-state index contributed by atoms with van der Waals surface area (Å²) >= 11 is 7.69. The molecule has 0 radical (unpaired) electrons. The number of fused-ring (bicyclic) bond motifs is 1. The van der Waals surface area contributed by atoms with Crippen molar-refractivity contribution in [3.8, 4) is 6.07 Å². The maximum atomic E-state index is 12.9. The van der Waals surface area contributed by atoms with Crippen molar-refractivity contribution in [3.63, 3.8) is 0 Å². The van der Waals surface area contributed by atoms with Gasteiger partial charge >= 0.3 is 0 Å². The number of nitriles is 1. The molecule has 1 fully saturated rings. The Hall–Kier alpha value is -2.36. The number of halogens is 1. The van der Waals surface area contributed by atoms with Gasteiger partial charge in [-0.05, 0) is 55.9 Å². The van der Waals surface area contributed by atoms with Crippen molar-refractivity contribution < 1.29 is 9.59 Å². The third kappa shape index (κ3) is 3.30. The monoisotopic (exact) mass is 413 g/mol. The summed E-state index contributed by atoms with van der Waals surface area (Å²) in [7, 11) is 0. The molecule has 144 valence electrons. The van der Waals surface area contributed by atoms with Gasteiger partial charge in [0.05, 0.1) is 11.5 Å². The molecule has 0 saturated carbocycles. The van der Waals surface area contributed by atoms with Crippen LogP contribution in [0.3, 0.4) is 0 Å². The van der Waals surface area contributed by atoms with Crippen LogP contribution in [0.5, 0.6) is 0 Å². The number of hydrogen-bond acceptors (Lipinski definition) is 4. The number of amides is 2. The second kappa shape index (κ2) is 7.57. The highest BCUT2D eigenvalue weighted by Gasteiger charge is 2.36. The van der Waals surface area contributed by atoms with Crippen LogP contribution in [0.4, 0.5) is 10.7 Å². The molecule has 1 aromatic carbocycles. The smallest absolute Gasteiger partial charge is 0.230 e. The fraction of sp³-hybridized carbons (Fsp3) is 0.381. The molecule has 0 bridgehead atoms. The van der Waals surface area contributed by atoms with Gasteiger partial charge in [-0.15, -0.1) is 11.3 Å². The van der Waals surface area contributed by atoms with Crippen LogP contribution in [-0.2, 0) is 22.4 Å². The van der Waals surface area contributed by atoms with Crippen LogP contribution in [0.1, 0.15) is 40.8 Å². The standard InChI is InChI=1S/C21H20ClN3O2S/c1-12-16(22)6-4-7-17(12)25-11-13(9-19(25)26)20(27)24-21-15(10-23)14-5-2-3-8-18(14)28-21/h4,6-7,13H,2-3,5,8-9,11H2,1H3,(H,24,27). The fourth-order valence-electron chi connectivity index (χ4n) is 3.99. The molecule has 1 N–H and O–H groups in total. The van der Waals surface area contributed by atoms with Gasteiger partial charge in [0.2, 0.25) is 11.8 Å². The normalized spacial score (nSPS) is 18.7. The summed E-state index contributed by atoms with van der Waals surface area (Å²) in [6, 6.07) is 7.70. The molecule has 1 unspecified atom stereocenters. The Morgan fingerprint density at radius 1 is 1.36 bits per heavy atom. The summed E-state index contributed by atoms with van der Waals surface area (Å²) in [6.07, 6.45) is 4.22. The average Bonchev–Trinajstić information content (AvgIpc) is 3.24. The predicted molar refractivity (Wildman–Crippen MR) is 111 cm³/mol. The van der Waals surface area contributed by atoms with E-state index in [2.05, 4.69) is 11.4 Å². The summed E-state index contributed by atoms with van der Waals surface area (Å²) < 4.78 is 0. The Labute approximate surface area is 172 Å². The minimum absolute atomic E-state index is 0.0866. The molecule has 4 rings (SSSR count). The summed E-state index contributed by atoms with van der Waals surface area (Å²) in [4.78, 5) is 28.2. The zero-order chi connectivity index (χ0) is 19.8. The zero-order valence-electron chi connectivity index (χ0n) is 15.5. The van der Waals surface area contributed by atoms with E-state index in [1.165, 1.54) is 16.2 Å². The Morgan fingerprint density at radius 3 is 2.93 bits per heavy atom. The van der Waals surface area contributed by atoms with Crippen LogP contribution in [0.15, 0.2) is 18.2 Å². The maximum absolute atomic E-state index is 12.9. The Bertz CT molecular complexity index is 1010. The summed E-state index contributed by atoms with van der Waals surface area (Å²) in [5.74, 6) is -0.737. The van der Waals surface area contributed by atoms with E-state index in [1.54, 1.807) is 17.0 Å². The quantitative estimate of drug-likeness (QED) is 0.807. The number of anilines is 2. The summed E-state index contributed by atoms with van der Waals surface area (Å²) in [6.45, 7) is 2.19. The zero-order valence-corrected chi connectivity index (χ0v) is 17.1. The molecule has 1 aliphatic carbocycles. The molecule has 7 heteroatoms. The van der Waals surface area contributed by atoms with Crippen molar-refractivity contribution in [3.05, 3.63) is 44.8 Å². The number of thiophene rings is 1. The van der Waals surface area contributed by atoms with Crippen molar-refractivity contribution in [1.29, 1.82) is 5.26 Å². The average molecular weight is 414 g/mol. The molecule has 1 aromatic heterocycles. The number of aryl methyl sites for hydroxylation is 1. The van der Waals surface area contributed by atoms with Crippen LogP contribution in [0, 0.1) is 24.2 Å². The fourth-order valence-corrected chi connectivity index (χ4v) is 5.40. The number of nitrogens with one attached hydrogen (secondary N) is 1. The molecule has 2 aromatic rings. The highest BCUT2D eigenvalue weighted by molar-refractivity contribution is 7.16. The summed E-state index contributed by atoms with van der Waals surface area (Å²) in [5, 5.41) is 13.7. The third-order valence-corrected chi connectivity index (χ3v) is 7.16. The number of rotatable bonds is 3. The SMILES string of the molecule is Cc1c(Cl)cccc1N1CC(C(=O)Nc2sc3c(c2C#N)CCCC3)CC1=O. The molecule has 0 spiro atoms. The van der Waals surface area contributed by atoms with Gasteiger partial charge in [0.15, 0.2) is 0 Å². The van der Waals surface area contributed by atoms with Gasteiger partial charge in [-0.1, -0.05) is 17.7 Å². The molecule has 2 aliphatic rings. The van der Waals surface area contributed by atoms with Crippen molar-refractivity contribution in [2.75, 3.05) is 16.8 Å². The number of benzene rings is 1. The van der Waals surface area contributed by atoms with Crippen molar-refractivity contribution in [2.24, 2.45) is 5.92 Å². The van der Waals surface area contributed by atoms with Gasteiger partial charge in [-0.3, -0.25) is 9.59 Å². The molecule has 28 heavy (non-hydrogen) atoms. The predicted octanol–water partition coefficient (Wildman–Crippen LogP) is 4.45. The first-order valence-corrected chi connectivity index (χ1v) is 10.6. The van der Waals surface area contributed by atoms with E-state index in [4.69, 9.17) is 11.6 Å². The largest absolute Gasteiger partial charge is 0.316 e. The molecule has 1 aliphatic heterocycles. The van der Waals surface area contributed by atoms with Crippen LogP contribution >= 0.6 is 22.9 Å². The molecular weight excluding hydrogens is 394 g/mol. The maximum Gasteiger partial charge on any atom is 0.230 e. The van der Waals surface area contributed by atoms with E-state index in [0.717, 1.165) is 42.5 Å². The molecule has 1 atom stereocenters. The van der Waals surface area contributed by atoms with Crippen molar-refractivity contribution in [1.82, 2.24) is 0 Å². The first kappa shape index (κ1) is 19.0. The van der Waals surface area contributed by atoms with Gasteiger partial charge in [-0.2, -0.15) is 5.26 Å². The second-order valence-corrected chi connectivity index (χ2v) is 8.82. The van der Waals surface area contributed by atoms with E-state index >= 15 is 0 Å². The number of hydrogen-bond donors (Lipinski definition) is 1. The van der Waals surface area contributed by atoms with E-state index in [-0.39, 0.29) is 18.2 Å². The van der Waals surface area contributed by atoms with E-state index in [0.29, 0.717) is 22.1 Å². The third-order valence-electron chi connectivity index (χ3n) is 5.55. The number of nitrogens with zero attached hydrogens (tertiary/aromatic N) is 2. The van der Waals surface area contributed by atoms with Gasteiger partial charge in [0, 0.05) is 28.6 Å². The lowest BCUT2D eigenvalue weighted by atomic mass is 9.96. The topological polar surface area (TPSA) is 73.2 Å². The Kier molecular flexibility index (Phi) is 5.13. The molecule has 2 heterocycles. The van der Waals surface area contributed by atoms with Crippen molar-refractivity contribution in [2.45, 2.75) is 39.0 Å². The van der Waals surface area contributed by atoms with E-state index < -0.39 is 5.92 Å². The minimum atomic E-state index is -0.448.